The van der Waals surface area contributed by atoms with Crippen LogP contribution in [0.5, 0.6) is 0 Å². The largest absolute Gasteiger partial charge is 3.00 e. The Kier molecular flexibility index (Phi) is 5.07. The first-order valence-electron chi connectivity index (χ1n) is 4.98. The van der Waals surface area contributed by atoms with E-state index in [1.165, 1.54) is 38.5 Å². The maximum Gasteiger partial charge on any atom is 3.00 e. The van der Waals surface area contributed by atoms with Gasteiger partial charge in [0.15, 0.2) is 0 Å². The van der Waals surface area contributed by atoms with Gasteiger partial charge in [-0.3, -0.25) is 0 Å². The van der Waals surface area contributed by atoms with E-state index in [9.17, 15) is 0 Å². The molecule has 4 saturated carbocycles. The smallest absolute Gasteiger partial charge is 0.672 e. The summed E-state index contributed by atoms with van der Waals surface area (Å²) in [5, 5.41) is 0. The molecule has 1 N–H and O–H groups in total. The van der Waals surface area contributed by atoms with Crippen LogP contribution in [-0.2, 0) is 26.2 Å². The zero-order valence-electron chi connectivity index (χ0n) is 9.47. The fraction of sp³-hybridized carbons (Fsp3) is 0.833. The van der Waals surface area contributed by atoms with Crippen molar-refractivity contribution in [3.63, 3.8) is 0 Å². The van der Waals surface area contributed by atoms with Crippen molar-refractivity contribution in [1.82, 2.24) is 0 Å². The maximum atomic E-state index is 8.21. The Balaban J connectivity index is 0.000000563. The molecular weight excluding hydrogens is 249 g/mol. The van der Waals surface area contributed by atoms with Crippen molar-refractivity contribution in [2.75, 3.05) is 0 Å². The monoisotopic (exact) mass is 270 g/mol. The topological polar surface area (TPSA) is 23.8 Å². The predicted octanol–water partition coefficient (Wildman–Crippen LogP) is 3.91. The first-order valence-corrected chi connectivity index (χ1v) is 4.98. The van der Waals surface area contributed by atoms with E-state index in [1.54, 1.807) is 0 Å². The molecule has 4 aliphatic rings. The van der Waals surface area contributed by atoms with Crippen LogP contribution in [0.25, 0.3) is 5.73 Å². The van der Waals surface area contributed by atoms with E-state index in [4.69, 9.17) is 5.73 Å². The molecule has 4 aliphatic carbocycles. The normalized spacial score (nSPS) is 47.4. The predicted molar refractivity (Wildman–Crippen MR) is 58.1 cm³/mol. The molecule has 1 nitrogen and oxygen atoms in total. The van der Waals surface area contributed by atoms with Gasteiger partial charge in [0.25, 0.3) is 0 Å². The molecule has 0 spiro atoms. The third kappa shape index (κ3) is 2.32. The van der Waals surface area contributed by atoms with E-state index in [0.717, 1.165) is 17.8 Å². The summed E-state index contributed by atoms with van der Waals surface area (Å²) in [5.41, 5.74) is 8.26. The maximum absolute atomic E-state index is 8.21. The Morgan fingerprint density at radius 3 is 1.29 bits per heavy atom. The second-order valence-electron chi connectivity index (χ2n) is 5.20. The molecule has 0 atom stereocenters. The van der Waals surface area contributed by atoms with Crippen LogP contribution in [0.1, 0.15) is 38.5 Å². The first-order chi connectivity index (χ1) is 5.23. The average Bonchev–Trinajstić information content (AvgIpc) is 1.79. The Bertz CT molecular complexity index is 155. The Hall–Kier alpha value is 0.843. The van der Waals surface area contributed by atoms with Crippen molar-refractivity contribution in [3.8, 4) is 0 Å². The van der Waals surface area contributed by atoms with E-state index >= 15 is 0 Å². The minimum Gasteiger partial charge on any atom is -0.672 e. The van der Waals surface area contributed by atoms with Crippen LogP contribution in [0.3, 0.4) is 0 Å². The molecule has 0 amide bonds. The second-order valence-corrected chi connectivity index (χ2v) is 5.20. The molecule has 0 aromatic carbocycles. The van der Waals surface area contributed by atoms with Crippen molar-refractivity contribution in [1.29, 1.82) is 0 Å². The molecule has 0 aromatic heterocycles. The second kappa shape index (κ2) is 4.79. The van der Waals surface area contributed by atoms with E-state index in [2.05, 4.69) is 0 Å². The van der Waals surface area contributed by atoms with Crippen LogP contribution < -0.4 is 0 Å². The summed E-state index contributed by atoms with van der Waals surface area (Å²) in [6, 6.07) is 0. The quantitative estimate of drug-likeness (QED) is 0.597. The van der Waals surface area contributed by atoms with E-state index in [-0.39, 0.29) is 46.6 Å². The Labute approximate surface area is 108 Å². The molecule has 0 aliphatic heterocycles. The molecule has 0 aromatic rings. The van der Waals surface area contributed by atoms with Gasteiger partial charge in [-0.15, -0.1) is 5.54 Å². The van der Waals surface area contributed by atoms with Gasteiger partial charge in [0, 0.05) is 0 Å². The zero-order valence-corrected chi connectivity index (χ0v) is 11.9. The standard InChI is InChI=1S/C10H16N.2CH3.Zr/c11-10-4-7-1-8(5-10)3-9(2-7)6-10;;;/h7-9,11H,1-6H2;2*1H3;/q3*-1;+3. The van der Waals surface area contributed by atoms with Gasteiger partial charge >= 0.3 is 26.2 Å². The molecule has 79 valence electrons. The van der Waals surface area contributed by atoms with E-state index in [0.29, 0.717) is 0 Å². The van der Waals surface area contributed by atoms with Gasteiger partial charge in [-0.05, 0) is 37.0 Å². The summed E-state index contributed by atoms with van der Waals surface area (Å²) in [6.45, 7) is 0. The number of hydrogen-bond donors (Lipinski definition) is 0. The van der Waals surface area contributed by atoms with Gasteiger partial charge < -0.3 is 20.6 Å². The van der Waals surface area contributed by atoms with Crippen LogP contribution in [0.15, 0.2) is 0 Å². The summed E-state index contributed by atoms with van der Waals surface area (Å²) >= 11 is 0. The minimum absolute atomic E-state index is 0. The molecule has 0 unspecified atom stereocenters. The summed E-state index contributed by atoms with van der Waals surface area (Å²) < 4.78 is 0. The SMILES string of the molecule is [CH3-].[CH3-].[NH-]C12CC3CC(CC(C3)C1)C2.[Zr+3]. The van der Waals surface area contributed by atoms with Crippen LogP contribution >= 0.6 is 0 Å². The molecule has 0 saturated heterocycles. The van der Waals surface area contributed by atoms with E-state index < -0.39 is 0 Å². The van der Waals surface area contributed by atoms with Gasteiger partial charge in [-0.2, -0.15) is 0 Å². The van der Waals surface area contributed by atoms with Gasteiger partial charge in [-0.1, -0.05) is 19.3 Å². The summed E-state index contributed by atoms with van der Waals surface area (Å²) in [7, 11) is 0. The molecule has 14 heavy (non-hydrogen) atoms. The van der Waals surface area contributed by atoms with Gasteiger partial charge in [0.05, 0.1) is 0 Å². The number of nitrogens with one attached hydrogen (secondary N) is 1. The average molecular weight is 272 g/mol. The molecule has 1 radical (unpaired) electrons. The fourth-order valence-electron chi connectivity index (χ4n) is 4.11. The Morgan fingerprint density at radius 2 is 1.07 bits per heavy atom. The van der Waals surface area contributed by atoms with Gasteiger partial charge in [-0.25, -0.2) is 0 Å². The van der Waals surface area contributed by atoms with Crippen LogP contribution in [0.4, 0.5) is 0 Å². The fourth-order valence-corrected chi connectivity index (χ4v) is 4.11. The number of hydrogen-bond acceptors (Lipinski definition) is 0. The number of rotatable bonds is 0. The molecule has 0 heterocycles. The van der Waals surface area contributed by atoms with Crippen molar-refractivity contribution in [3.05, 3.63) is 20.6 Å². The van der Waals surface area contributed by atoms with E-state index in [1.807, 2.05) is 0 Å². The zero-order chi connectivity index (χ0) is 7.47. The summed E-state index contributed by atoms with van der Waals surface area (Å²) in [6.07, 6.45) is 8.12. The van der Waals surface area contributed by atoms with Gasteiger partial charge in [0.2, 0.25) is 0 Å². The Morgan fingerprint density at radius 1 is 0.786 bits per heavy atom. The van der Waals surface area contributed by atoms with Crippen LogP contribution in [0.2, 0.25) is 0 Å². The molecule has 4 rings (SSSR count). The molecule has 4 fully saturated rings. The van der Waals surface area contributed by atoms with Crippen molar-refractivity contribution in [2.45, 2.75) is 44.1 Å². The molecule has 4 bridgehead atoms. The molecule has 2 heteroatoms. The van der Waals surface area contributed by atoms with Crippen molar-refractivity contribution >= 4 is 0 Å². The van der Waals surface area contributed by atoms with Crippen LogP contribution in [-0.4, -0.2) is 5.54 Å². The third-order valence-electron chi connectivity index (χ3n) is 4.04. The minimum atomic E-state index is 0. The van der Waals surface area contributed by atoms with Crippen molar-refractivity contribution < 1.29 is 26.2 Å². The third-order valence-corrected chi connectivity index (χ3v) is 4.04. The first kappa shape index (κ1) is 14.8. The molecular formula is C12H22NZr. The van der Waals surface area contributed by atoms with Gasteiger partial charge in [0.1, 0.15) is 0 Å². The van der Waals surface area contributed by atoms with Crippen molar-refractivity contribution in [2.24, 2.45) is 17.8 Å². The summed E-state index contributed by atoms with van der Waals surface area (Å²) in [4.78, 5) is 0. The summed E-state index contributed by atoms with van der Waals surface area (Å²) in [5.74, 6) is 2.87. The van der Waals surface area contributed by atoms with Crippen LogP contribution in [0, 0.1) is 32.6 Å².